The Labute approximate surface area is 141 Å². The lowest BCUT2D eigenvalue weighted by molar-refractivity contribution is -0.137. The third kappa shape index (κ3) is 4.44. The van der Waals surface area contributed by atoms with Gasteiger partial charge >= 0.3 is 6.18 Å². The van der Waals surface area contributed by atoms with Gasteiger partial charge < -0.3 is 5.32 Å². The lowest BCUT2D eigenvalue weighted by atomic mass is 10.1. The fourth-order valence-corrected chi connectivity index (χ4v) is 2.10. The van der Waals surface area contributed by atoms with Crippen molar-refractivity contribution >= 4 is 17.7 Å². The Balaban J connectivity index is 2.32. The number of carbonyl (C=O) groups excluding carboxylic acids is 1. The maximum Gasteiger partial charge on any atom is 0.418 e. The van der Waals surface area contributed by atoms with Crippen LogP contribution in [0, 0.1) is 24.1 Å². The van der Waals surface area contributed by atoms with E-state index >= 15 is 0 Å². The van der Waals surface area contributed by atoms with Crippen LogP contribution in [0.4, 0.5) is 23.2 Å². The van der Waals surface area contributed by atoms with Crippen molar-refractivity contribution in [2.75, 3.05) is 5.32 Å². The highest BCUT2D eigenvalue weighted by Crippen LogP contribution is 2.34. The van der Waals surface area contributed by atoms with E-state index < -0.39 is 34.7 Å². The monoisotopic (exact) mass is 348 g/mol. The Bertz CT molecular complexity index is 879. The summed E-state index contributed by atoms with van der Waals surface area (Å²) in [7, 11) is 0. The number of nitriles is 1. The molecule has 0 fully saturated rings. The van der Waals surface area contributed by atoms with Crippen LogP contribution in [0.1, 0.15) is 16.7 Å². The topological polar surface area (TPSA) is 52.9 Å². The van der Waals surface area contributed by atoms with E-state index in [-0.39, 0.29) is 0 Å². The summed E-state index contributed by atoms with van der Waals surface area (Å²) in [5.74, 6) is -1.43. The predicted molar refractivity (Wildman–Crippen MR) is 84.8 cm³/mol. The average molecular weight is 348 g/mol. The van der Waals surface area contributed by atoms with Crippen LogP contribution in [-0.4, -0.2) is 5.91 Å². The number of anilines is 1. The number of nitrogens with one attached hydrogen (secondary N) is 1. The summed E-state index contributed by atoms with van der Waals surface area (Å²) in [5, 5.41) is 11.2. The van der Waals surface area contributed by atoms with Crippen LogP contribution >= 0.6 is 0 Å². The van der Waals surface area contributed by atoms with E-state index in [0.717, 1.165) is 12.1 Å². The molecule has 0 aromatic heterocycles. The number of nitrogens with zero attached hydrogens (tertiary/aromatic N) is 1. The van der Waals surface area contributed by atoms with E-state index in [4.69, 9.17) is 5.26 Å². The maximum absolute atomic E-state index is 13.2. The molecule has 7 heteroatoms. The van der Waals surface area contributed by atoms with Crippen molar-refractivity contribution in [3.63, 3.8) is 0 Å². The van der Waals surface area contributed by atoms with Gasteiger partial charge in [0, 0.05) is 0 Å². The summed E-state index contributed by atoms with van der Waals surface area (Å²) < 4.78 is 52.1. The molecular formula is C18H12F4N2O. The van der Waals surface area contributed by atoms with Gasteiger partial charge in [0.1, 0.15) is 17.5 Å². The van der Waals surface area contributed by atoms with Gasteiger partial charge in [-0.1, -0.05) is 18.2 Å². The van der Waals surface area contributed by atoms with E-state index in [1.54, 1.807) is 6.07 Å². The number of amides is 1. The first-order valence-corrected chi connectivity index (χ1v) is 7.08. The molecule has 25 heavy (non-hydrogen) atoms. The van der Waals surface area contributed by atoms with Gasteiger partial charge in [0.15, 0.2) is 0 Å². The molecule has 0 saturated heterocycles. The summed E-state index contributed by atoms with van der Waals surface area (Å²) >= 11 is 0. The fourth-order valence-electron chi connectivity index (χ4n) is 2.10. The number of hydrogen-bond donors (Lipinski definition) is 1. The molecule has 0 bridgehead atoms. The molecule has 1 amide bonds. The van der Waals surface area contributed by atoms with E-state index in [1.807, 2.05) is 0 Å². The van der Waals surface area contributed by atoms with Crippen molar-refractivity contribution in [1.29, 1.82) is 5.26 Å². The van der Waals surface area contributed by atoms with Crippen LogP contribution in [-0.2, 0) is 11.0 Å². The van der Waals surface area contributed by atoms with Gasteiger partial charge in [0.05, 0.1) is 11.3 Å². The number of carbonyl (C=O) groups is 1. The predicted octanol–water partition coefficient (Wildman–Crippen LogP) is 4.70. The largest absolute Gasteiger partial charge is 0.418 e. The van der Waals surface area contributed by atoms with Crippen molar-refractivity contribution in [3.8, 4) is 6.07 Å². The second kappa shape index (κ2) is 7.18. The molecule has 0 saturated carbocycles. The Morgan fingerprint density at radius 2 is 1.88 bits per heavy atom. The molecule has 0 aliphatic carbocycles. The van der Waals surface area contributed by atoms with Crippen molar-refractivity contribution in [3.05, 3.63) is 70.5 Å². The van der Waals surface area contributed by atoms with Crippen LogP contribution in [0.15, 0.2) is 48.0 Å². The summed E-state index contributed by atoms with van der Waals surface area (Å²) in [4.78, 5) is 12.1. The van der Waals surface area contributed by atoms with Gasteiger partial charge in [-0.2, -0.15) is 18.4 Å². The number of aryl methyl sites for hydroxylation is 1. The molecule has 0 unspecified atom stereocenters. The van der Waals surface area contributed by atoms with Crippen LogP contribution in [0.5, 0.6) is 0 Å². The van der Waals surface area contributed by atoms with Crippen LogP contribution in [0.3, 0.4) is 0 Å². The molecule has 3 nitrogen and oxygen atoms in total. The molecule has 128 valence electrons. The minimum Gasteiger partial charge on any atom is -0.321 e. The first-order chi connectivity index (χ1) is 11.7. The van der Waals surface area contributed by atoms with E-state index in [9.17, 15) is 22.4 Å². The van der Waals surface area contributed by atoms with Gasteiger partial charge in [0.2, 0.25) is 0 Å². The van der Waals surface area contributed by atoms with Gasteiger partial charge in [-0.3, -0.25) is 4.79 Å². The molecule has 0 heterocycles. The molecule has 0 atom stereocenters. The fraction of sp³-hybridized carbons (Fsp3) is 0.111. The number of alkyl halides is 3. The molecule has 0 aliphatic heterocycles. The molecular weight excluding hydrogens is 336 g/mol. The molecule has 2 rings (SSSR count). The average Bonchev–Trinajstić information content (AvgIpc) is 2.55. The van der Waals surface area contributed by atoms with Crippen molar-refractivity contribution in [2.45, 2.75) is 13.1 Å². The molecule has 0 aliphatic rings. The quantitative estimate of drug-likeness (QED) is 0.497. The van der Waals surface area contributed by atoms with E-state index in [1.165, 1.54) is 43.3 Å². The van der Waals surface area contributed by atoms with Crippen LogP contribution in [0.25, 0.3) is 6.08 Å². The molecule has 1 N–H and O–H groups in total. The first-order valence-electron chi connectivity index (χ1n) is 7.08. The minimum atomic E-state index is -4.64. The Hall–Kier alpha value is -3.14. The third-order valence-corrected chi connectivity index (χ3v) is 3.34. The first kappa shape index (κ1) is 18.2. The number of halogens is 4. The smallest absolute Gasteiger partial charge is 0.321 e. The number of hydrogen-bond acceptors (Lipinski definition) is 2. The van der Waals surface area contributed by atoms with Crippen LogP contribution < -0.4 is 5.32 Å². The standard InChI is InChI=1S/C18H12F4N2O/c1-11-8-12(6-7-15(11)19)9-13(10-23)17(25)24-16-5-3-2-4-14(16)18(20,21)22/h2-9H,1H3,(H,24,25). The lowest BCUT2D eigenvalue weighted by Gasteiger charge is -2.13. The summed E-state index contributed by atoms with van der Waals surface area (Å²) in [6, 6.07) is 10.0. The van der Waals surface area contributed by atoms with Gasteiger partial charge in [-0.15, -0.1) is 0 Å². The highest BCUT2D eigenvalue weighted by Gasteiger charge is 2.33. The van der Waals surface area contributed by atoms with E-state index in [0.29, 0.717) is 11.1 Å². The molecule has 2 aromatic rings. The van der Waals surface area contributed by atoms with Crippen molar-refractivity contribution < 1.29 is 22.4 Å². The second-order valence-electron chi connectivity index (χ2n) is 5.18. The SMILES string of the molecule is Cc1cc(C=C(C#N)C(=O)Nc2ccccc2C(F)(F)F)ccc1F. The van der Waals surface area contributed by atoms with Gasteiger partial charge in [0.25, 0.3) is 5.91 Å². The highest BCUT2D eigenvalue weighted by atomic mass is 19.4. The Morgan fingerprint density at radius 3 is 2.48 bits per heavy atom. The number of benzene rings is 2. The molecule has 0 spiro atoms. The van der Waals surface area contributed by atoms with Gasteiger partial charge in [-0.05, 0) is 48.4 Å². The summed E-state index contributed by atoms with van der Waals surface area (Å²) in [6.45, 7) is 1.51. The Morgan fingerprint density at radius 1 is 1.20 bits per heavy atom. The minimum absolute atomic E-state index is 0.314. The normalized spacial score (nSPS) is 11.8. The highest BCUT2D eigenvalue weighted by molar-refractivity contribution is 6.10. The Kier molecular flexibility index (Phi) is 5.22. The van der Waals surface area contributed by atoms with Gasteiger partial charge in [-0.25, -0.2) is 4.39 Å². The van der Waals surface area contributed by atoms with E-state index in [2.05, 4.69) is 5.32 Å². The third-order valence-electron chi connectivity index (χ3n) is 3.34. The van der Waals surface area contributed by atoms with Crippen LogP contribution in [0.2, 0.25) is 0 Å². The molecule has 2 aromatic carbocycles. The summed E-state index contributed by atoms with van der Waals surface area (Å²) in [6.07, 6.45) is -3.47. The zero-order chi connectivity index (χ0) is 18.6. The summed E-state index contributed by atoms with van der Waals surface area (Å²) in [5.41, 5.74) is -1.17. The van der Waals surface area contributed by atoms with Crippen molar-refractivity contribution in [2.24, 2.45) is 0 Å². The number of para-hydroxylation sites is 1. The zero-order valence-corrected chi connectivity index (χ0v) is 13.0. The second-order valence-corrected chi connectivity index (χ2v) is 5.18. The molecule has 0 radical (unpaired) electrons. The maximum atomic E-state index is 13.2. The lowest BCUT2D eigenvalue weighted by Crippen LogP contribution is -2.17. The number of rotatable bonds is 3. The zero-order valence-electron chi connectivity index (χ0n) is 13.0. The van der Waals surface area contributed by atoms with Crippen molar-refractivity contribution in [1.82, 2.24) is 0 Å².